The van der Waals surface area contributed by atoms with E-state index in [1.165, 1.54) is 17.7 Å². The molecule has 0 spiro atoms. The highest BCUT2D eigenvalue weighted by Gasteiger charge is 2.45. The van der Waals surface area contributed by atoms with E-state index in [9.17, 15) is 4.79 Å². The lowest BCUT2D eigenvalue weighted by Crippen LogP contribution is -2.65. The van der Waals surface area contributed by atoms with Crippen LogP contribution >= 0.6 is 0 Å². The molecular formula is C12H20O3Si4. The van der Waals surface area contributed by atoms with E-state index in [-0.39, 0.29) is 23.8 Å². The fourth-order valence-electron chi connectivity index (χ4n) is 2.52. The summed E-state index contributed by atoms with van der Waals surface area (Å²) in [6, 6.07) is 11.8. The van der Waals surface area contributed by atoms with Crippen molar-refractivity contribution in [3.63, 3.8) is 0 Å². The van der Waals surface area contributed by atoms with E-state index in [0.29, 0.717) is 0 Å². The SMILES string of the molecule is C=CC(=O)O[Si]1(C)CO[SiH2][SiH2][SiH]1Cc1ccccc1. The molecule has 102 valence electrons. The largest absolute Gasteiger partial charge is 0.518 e. The van der Waals surface area contributed by atoms with Crippen LogP contribution in [0.5, 0.6) is 0 Å². The summed E-state index contributed by atoms with van der Waals surface area (Å²) < 4.78 is 11.6. The molecule has 0 amide bonds. The van der Waals surface area contributed by atoms with E-state index in [4.69, 9.17) is 8.85 Å². The molecule has 19 heavy (non-hydrogen) atoms. The standard InChI is InChI=1S/C12H20O3Si4/c1-3-12(13)15-19(2)10-14-16-17-18(19)9-11-7-5-4-6-8-11/h3-8,18H,1,9-10,16-17H2,2H3. The highest BCUT2D eigenvalue weighted by Crippen LogP contribution is 2.17. The van der Waals surface area contributed by atoms with Crippen LogP contribution in [0.1, 0.15) is 5.56 Å². The second-order valence-electron chi connectivity index (χ2n) is 5.17. The molecule has 2 rings (SSSR count). The van der Waals surface area contributed by atoms with Crippen molar-refractivity contribution in [1.82, 2.24) is 0 Å². The minimum atomic E-state index is -1.94. The average molecular weight is 325 g/mol. The number of hydrogen-bond donors (Lipinski definition) is 0. The third-order valence-electron chi connectivity index (χ3n) is 3.69. The molecule has 1 aliphatic heterocycles. The summed E-state index contributed by atoms with van der Waals surface area (Å²) in [5, 5.41) is 0. The molecule has 3 nitrogen and oxygen atoms in total. The number of carbonyl (C=O) groups excluding carboxylic acids is 1. The van der Waals surface area contributed by atoms with Gasteiger partial charge in [0, 0.05) is 14.6 Å². The topological polar surface area (TPSA) is 35.5 Å². The predicted octanol–water partition coefficient (Wildman–Crippen LogP) is -0.388. The number of hydrogen-bond acceptors (Lipinski definition) is 3. The van der Waals surface area contributed by atoms with Crippen LogP contribution in [-0.4, -0.2) is 45.7 Å². The zero-order chi connectivity index (χ0) is 13.7. The van der Waals surface area contributed by atoms with Crippen molar-refractivity contribution in [2.24, 2.45) is 0 Å². The Hall–Kier alpha value is -0.742. The molecule has 0 radical (unpaired) electrons. The van der Waals surface area contributed by atoms with Gasteiger partial charge in [0.2, 0.25) is 0 Å². The molecule has 0 aliphatic carbocycles. The van der Waals surface area contributed by atoms with Gasteiger partial charge in [-0.2, -0.15) is 0 Å². The van der Waals surface area contributed by atoms with Crippen LogP contribution in [0.15, 0.2) is 43.0 Å². The van der Waals surface area contributed by atoms with Gasteiger partial charge in [-0.25, -0.2) is 4.79 Å². The lowest BCUT2D eigenvalue weighted by molar-refractivity contribution is -0.129. The van der Waals surface area contributed by atoms with Gasteiger partial charge in [-0.3, -0.25) is 0 Å². The van der Waals surface area contributed by atoms with Crippen LogP contribution in [0, 0.1) is 0 Å². The normalized spacial score (nSPS) is 29.2. The average Bonchev–Trinajstić information content (AvgIpc) is 2.42. The van der Waals surface area contributed by atoms with E-state index in [0.717, 1.165) is 6.23 Å². The summed E-state index contributed by atoms with van der Waals surface area (Å²) in [6.45, 7) is 5.71. The molecule has 7 heteroatoms. The summed E-state index contributed by atoms with van der Waals surface area (Å²) >= 11 is 0. The fraction of sp³-hybridized carbons (Fsp3) is 0.250. The molecule has 1 heterocycles. The first-order valence-corrected chi connectivity index (χ1v) is 19.7. The zero-order valence-electron chi connectivity index (χ0n) is 11.3. The molecule has 1 aromatic carbocycles. The maximum Gasteiger partial charge on any atom is 0.316 e. The van der Waals surface area contributed by atoms with E-state index >= 15 is 0 Å². The van der Waals surface area contributed by atoms with Gasteiger partial charge < -0.3 is 8.85 Å². The first-order valence-electron chi connectivity index (χ1n) is 6.61. The third kappa shape index (κ3) is 3.86. The van der Waals surface area contributed by atoms with Crippen LogP contribution < -0.4 is 0 Å². The molecule has 2 unspecified atom stereocenters. The Morgan fingerprint density at radius 2 is 2.32 bits per heavy atom. The quantitative estimate of drug-likeness (QED) is 0.559. The minimum absolute atomic E-state index is 0.0703. The summed E-state index contributed by atoms with van der Waals surface area (Å²) in [4.78, 5) is 11.6. The van der Waals surface area contributed by atoms with Gasteiger partial charge >= 0.3 is 5.97 Å². The van der Waals surface area contributed by atoms with Gasteiger partial charge in [0.25, 0.3) is 7.83 Å². The lowest BCUT2D eigenvalue weighted by Gasteiger charge is -2.37. The first-order chi connectivity index (χ1) is 9.14. The Balaban J connectivity index is 2.11. The Morgan fingerprint density at radius 3 is 3.00 bits per heavy atom. The van der Waals surface area contributed by atoms with Crippen molar-refractivity contribution in [3.8, 4) is 0 Å². The van der Waals surface area contributed by atoms with Gasteiger partial charge in [-0.1, -0.05) is 42.5 Å². The first kappa shape index (κ1) is 14.7. The van der Waals surface area contributed by atoms with Crippen molar-refractivity contribution >= 4 is 39.5 Å². The van der Waals surface area contributed by atoms with Crippen LogP contribution in [0.4, 0.5) is 0 Å². The Bertz CT molecular complexity index is 454. The maximum absolute atomic E-state index is 11.6. The molecule has 0 aromatic heterocycles. The molecule has 0 bridgehead atoms. The predicted molar refractivity (Wildman–Crippen MR) is 88.2 cm³/mol. The molecule has 1 fully saturated rings. The van der Waals surface area contributed by atoms with Crippen molar-refractivity contribution in [2.45, 2.75) is 12.6 Å². The molecule has 1 aliphatic rings. The van der Waals surface area contributed by atoms with E-state index in [1.807, 2.05) is 0 Å². The molecule has 1 saturated heterocycles. The van der Waals surface area contributed by atoms with Gasteiger partial charge in [0.05, 0.1) is 14.1 Å². The number of benzene rings is 1. The van der Waals surface area contributed by atoms with E-state index in [2.05, 4.69) is 43.5 Å². The van der Waals surface area contributed by atoms with E-state index in [1.54, 1.807) is 0 Å². The van der Waals surface area contributed by atoms with Gasteiger partial charge in [-0.05, 0) is 12.6 Å². The summed E-state index contributed by atoms with van der Waals surface area (Å²) in [5.41, 5.74) is 1.41. The van der Waals surface area contributed by atoms with Gasteiger partial charge in [0.1, 0.15) is 9.28 Å². The van der Waals surface area contributed by atoms with Crippen molar-refractivity contribution in [2.75, 3.05) is 6.23 Å². The van der Waals surface area contributed by atoms with Crippen LogP contribution in [-0.2, 0) is 19.7 Å². The van der Waals surface area contributed by atoms with Crippen molar-refractivity contribution in [3.05, 3.63) is 48.6 Å². The molecule has 0 saturated carbocycles. The second-order valence-corrected chi connectivity index (χ2v) is 31.2. The lowest BCUT2D eigenvalue weighted by atomic mass is 10.2. The minimum Gasteiger partial charge on any atom is -0.518 e. The summed E-state index contributed by atoms with van der Waals surface area (Å²) in [5.74, 6) is -0.249. The van der Waals surface area contributed by atoms with Crippen LogP contribution in [0.3, 0.4) is 0 Å². The third-order valence-corrected chi connectivity index (χ3v) is 44.8. The van der Waals surface area contributed by atoms with Crippen LogP contribution in [0.2, 0.25) is 6.55 Å². The van der Waals surface area contributed by atoms with Gasteiger partial charge in [0.15, 0.2) is 0 Å². The Kier molecular flexibility index (Phi) is 5.11. The number of carbonyl (C=O) groups is 1. The fourth-order valence-corrected chi connectivity index (χ4v) is 51.9. The van der Waals surface area contributed by atoms with Crippen LogP contribution in [0.25, 0.3) is 0 Å². The maximum atomic E-state index is 11.6. The van der Waals surface area contributed by atoms with Crippen molar-refractivity contribution < 1.29 is 13.6 Å². The Labute approximate surface area is 120 Å². The molecular weight excluding hydrogens is 304 g/mol. The summed E-state index contributed by atoms with van der Waals surface area (Å²) in [6.07, 6.45) is 2.04. The highest BCUT2D eigenvalue weighted by molar-refractivity contribution is 7.59. The second kappa shape index (κ2) is 6.62. The smallest absolute Gasteiger partial charge is 0.316 e. The monoisotopic (exact) mass is 324 g/mol. The number of rotatable bonds is 4. The molecule has 2 atom stereocenters. The molecule has 0 N–H and O–H groups in total. The summed E-state index contributed by atoms with van der Waals surface area (Å²) in [7, 11) is -3.19. The highest BCUT2D eigenvalue weighted by atomic mass is 29.8. The molecule has 1 aromatic rings. The van der Waals surface area contributed by atoms with E-state index < -0.39 is 15.7 Å². The Morgan fingerprint density at radius 1 is 1.58 bits per heavy atom. The van der Waals surface area contributed by atoms with Gasteiger partial charge in [-0.15, -0.1) is 0 Å². The van der Waals surface area contributed by atoms with Crippen molar-refractivity contribution in [1.29, 1.82) is 0 Å². The zero-order valence-corrected chi connectivity index (χ0v) is 16.3.